The standard InChI is InChI=1S/C23H29N3O3/c27-21(24-19-13-26-9-7-14(19)8-10-26)18-11-16-6-5-15(18)12-23(16)25-22(28)17-3-1-2-4-20(17)29-23/h1-4,14-16,18-19H,5-13H2,(H,24,27)(H,25,28)/t15-,16+,18-,19+,23-/m0/s1. The average Bonchev–Trinajstić information content (AvgIpc) is 2.75. The smallest absolute Gasteiger partial charge is 0.258 e. The number of piperidine rings is 3. The Labute approximate surface area is 171 Å². The molecule has 3 aliphatic carbocycles. The van der Waals surface area contributed by atoms with Crippen molar-refractivity contribution in [2.75, 3.05) is 19.6 Å². The minimum absolute atomic E-state index is 0.0484. The van der Waals surface area contributed by atoms with Gasteiger partial charge in [-0.3, -0.25) is 9.59 Å². The molecular formula is C23H29N3O3. The van der Waals surface area contributed by atoms with Crippen LogP contribution in [-0.4, -0.2) is 48.1 Å². The van der Waals surface area contributed by atoms with Gasteiger partial charge in [-0.25, -0.2) is 0 Å². The van der Waals surface area contributed by atoms with Crippen molar-refractivity contribution in [1.82, 2.24) is 15.5 Å². The van der Waals surface area contributed by atoms with E-state index in [0.29, 0.717) is 23.3 Å². The Balaban J connectivity index is 1.18. The lowest BCUT2D eigenvalue weighted by Crippen LogP contribution is -2.67. The molecule has 8 rings (SSSR count). The molecule has 29 heavy (non-hydrogen) atoms. The van der Waals surface area contributed by atoms with E-state index >= 15 is 0 Å². The Bertz CT molecular complexity index is 850. The second-order valence-electron chi connectivity index (χ2n) is 9.78. The molecule has 3 saturated heterocycles. The van der Waals surface area contributed by atoms with Gasteiger partial charge in [-0.1, -0.05) is 12.1 Å². The Hall–Kier alpha value is -2.08. The maximum atomic E-state index is 13.2. The van der Waals surface area contributed by atoms with Crippen molar-refractivity contribution in [3.8, 4) is 5.75 Å². The highest BCUT2D eigenvalue weighted by Gasteiger charge is 2.57. The van der Waals surface area contributed by atoms with E-state index in [4.69, 9.17) is 4.74 Å². The molecule has 4 bridgehead atoms. The number of amides is 2. The Morgan fingerprint density at radius 1 is 1.14 bits per heavy atom. The molecule has 7 aliphatic rings. The second-order valence-corrected chi connectivity index (χ2v) is 9.78. The maximum absolute atomic E-state index is 13.2. The number of nitrogens with one attached hydrogen (secondary N) is 2. The van der Waals surface area contributed by atoms with Gasteiger partial charge in [0.05, 0.1) is 5.56 Å². The number of fused-ring (bicyclic) bond motifs is 6. The normalized spacial score (nSPS) is 42.1. The quantitative estimate of drug-likeness (QED) is 0.805. The molecule has 2 amide bonds. The number of carbonyl (C=O) groups is 2. The van der Waals surface area contributed by atoms with E-state index in [9.17, 15) is 9.59 Å². The van der Waals surface area contributed by atoms with Crippen molar-refractivity contribution in [3.63, 3.8) is 0 Å². The molecule has 6 fully saturated rings. The van der Waals surface area contributed by atoms with E-state index in [1.807, 2.05) is 24.3 Å². The van der Waals surface area contributed by atoms with Gasteiger partial charge in [-0.2, -0.15) is 0 Å². The maximum Gasteiger partial charge on any atom is 0.258 e. The lowest BCUT2D eigenvalue weighted by atomic mass is 9.59. The molecule has 3 saturated carbocycles. The first-order valence-electron chi connectivity index (χ1n) is 11.2. The summed E-state index contributed by atoms with van der Waals surface area (Å²) >= 11 is 0. The molecule has 1 aromatic carbocycles. The zero-order chi connectivity index (χ0) is 19.6. The van der Waals surface area contributed by atoms with E-state index in [2.05, 4.69) is 15.5 Å². The zero-order valence-electron chi connectivity index (χ0n) is 16.7. The Morgan fingerprint density at radius 3 is 2.69 bits per heavy atom. The van der Waals surface area contributed by atoms with Crippen LogP contribution in [0.3, 0.4) is 0 Å². The molecule has 0 radical (unpaired) electrons. The molecule has 1 spiro atoms. The summed E-state index contributed by atoms with van der Waals surface area (Å²) in [7, 11) is 0. The van der Waals surface area contributed by atoms with Gasteiger partial charge in [0.2, 0.25) is 5.91 Å². The summed E-state index contributed by atoms with van der Waals surface area (Å²) < 4.78 is 6.41. The summed E-state index contributed by atoms with van der Waals surface area (Å²) in [5, 5.41) is 6.59. The molecule has 0 aromatic heterocycles. The van der Waals surface area contributed by atoms with Gasteiger partial charge >= 0.3 is 0 Å². The fourth-order valence-corrected chi connectivity index (χ4v) is 6.70. The molecule has 154 valence electrons. The van der Waals surface area contributed by atoms with Crippen LogP contribution in [-0.2, 0) is 4.79 Å². The average molecular weight is 396 g/mol. The van der Waals surface area contributed by atoms with Gasteiger partial charge in [0.25, 0.3) is 5.91 Å². The molecule has 4 aliphatic heterocycles. The number of hydrogen-bond donors (Lipinski definition) is 2. The number of nitrogens with zero attached hydrogens (tertiary/aromatic N) is 1. The largest absolute Gasteiger partial charge is 0.467 e. The molecule has 5 atom stereocenters. The van der Waals surface area contributed by atoms with Crippen LogP contribution < -0.4 is 15.4 Å². The van der Waals surface area contributed by atoms with Crippen LogP contribution in [0, 0.1) is 23.7 Å². The van der Waals surface area contributed by atoms with Crippen LogP contribution in [0.1, 0.15) is 48.9 Å². The van der Waals surface area contributed by atoms with Crippen LogP contribution in [0.5, 0.6) is 5.75 Å². The third-order valence-corrected chi connectivity index (χ3v) is 8.29. The highest BCUT2D eigenvalue weighted by molar-refractivity contribution is 5.98. The number of hydrogen-bond acceptors (Lipinski definition) is 4. The number of benzene rings is 1. The highest BCUT2D eigenvalue weighted by Crippen LogP contribution is 2.52. The Kier molecular flexibility index (Phi) is 3.95. The molecular weight excluding hydrogens is 366 g/mol. The predicted octanol–water partition coefficient (Wildman–Crippen LogP) is 2.15. The van der Waals surface area contributed by atoms with Crippen molar-refractivity contribution in [1.29, 1.82) is 0 Å². The second kappa shape index (κ2) is 6.46. The van der Waals surface area contributed by atoms with Crippen molar-refractivity contribution < 1.29 is 14.3 Å². The summed E-state index contributed by atoms with van der Waals surface area (Å²) in [5.41, 5.74) is -0.0305. The first kappa shape index (κ1) is 17.8. The van der Waals surface area contributed by atoms with Gasteiger partial charge in [0.1, 0.15) is 5.75 Å². The fraction of sp³-hybridized carbons (Fsp3) is 0.652. The molecule has 4 heterocycles. The van der Waals surface area contributed by atoms with E-state index in [1.165, 1.54) is 25.9 Å². The number of carbonyl (C=O) groups excluding carboxylic acids is 2. The SMILES string of the molecule is O=C1N[C@@]2(C[C@@H]3CC[C@@H]2C[C@@H]3C(=O)N[C@@H]2CN3CCC2CC3)Oc2ccccc21. The summed E-state index contributed by atoms with van der Waals surface area (Å²) in [6, 6.07) is 7.79. The third kappa shape index (κ3) is 2.79. The van der Waals surface area contributed by atoms with Gasteiger partial charge in [0.15, 0.2) is 5.72 Å². The van der Waals surface area contributed by atoms with Gasteiger partial charge in [-0.15, -0.1) is 0 Å². The van der Waals surface area contributed by atoms with Gasteiger partial charge in [0, 0.05) is 30.8 Å². The lowest BCUT2D eigenvalue weighted by molar-refractivity contribution is -0.148. The topological polar surface area (TPSA) is 70.7 Å². The van der Waals surface area contributed by atoms with Crippen LogP contribution in [0.4, 0.5) is 0 Å². The number of para-hydroxylation sites is 1. The van der Waals surface area contributed by atoms with Crippen LogP contribution in [0.2, 0.25) is 0 Å². The zero-order valence-corrected chi connectivity index (χ0v) is 16.7. The third-order valence-electron chi connectivity index (χ3n) is 8.29. The van der Waals surface area contributed by atoms with Crippen LogP contribution in [0.15, 0.2) is 24.3 Å². The summed E-state index contributed by atoms with van der Waals surface area (Å²) in [6.45, 7) is 3.38. The van der Waals surface area contributed by atoms with Gasteiger partial charge < -0.3 is 20.3 Å². The predicted molar refractivity (Wildman–Crippen MR) is 107 cm³/mol. The highest BCUT2D eigenvalue weighted by atomic mass is 16.5. The summed E-state index contributed by atoms with van der Waals surface area (Å²) in [6.07, 6.45) is 6.02. The minimum Gasteiger partial charge on any atom is -0.467 e. The molecule has 0 unspecified atom stereocenters. The van der Waals surface area contributed by atoms with E-state index in [1.54, 1.807) is 0 Å². The molecule has 2 N–H and O–H groups in total. The molecule has 6 nitrogen and oxygen atoms in total. The number of rotatable bonds is 2. The van der Waals surface area contributed by atoms with E-state index < -0.39 is 5.72 Å². The molecule has 6 heteroatoms. The Morgan fingerprint density at radius 2 is 1.97 bits per heavy atom. The van der Waals surface area contributed by atoms with Crippen LogP contribution in [0.25, 0.3) is 0 Å². The minimum atomic E-state index is -0.638. The lowest BCUT2D eigenvalue weighted by Gasteiger charge is -2.55. The fourth-order valence-electron chi connectivity index (χ4n) is 6.70. The van der Waals surface area contributed by atoms with Gasteiger partial charge in [-0.05, 0) is 69.2 Å². The van der Waals surface area contributed by atoms with Crippen molar-refractivity contribution >= 4 is 11.8 Å². The summed E-state index contributed by atoms with van der Waals surface area (Å²) in [5.74, 6) is 2.01. The number of ether oxygens (including phenoxy) is 1. The van der Waals surface area contributed by atoms with Crippen molar-refractivity contribution in [2.24, 2.45) is 23.7 Å². The first-order valence-corrected chi connectivity index (χ1v) is 11.2. The van der Waals surface area contributed by atoms with Crippen molar-refractivity contribution in [2.45, 2.75) is 50.3 Å². The molecule has 1 aromatic rings. The van der Waals surface area contributed by atoms with Crippen LogP contribution >= 0.6 is 0 Å². The monoisotopic (exact) mass is 395 g/mol. The van der Waals surface area contributed by atoms with Crippen molar-refractivity contribution in [3.05, 3.63) is 29.8 Å². The first-order chi connectivity index (χ1) is 14.1. The van der Waals surface area contributed by atoms with E-state index in [-0.39, 0.29) is 29.6 Å². The van der Waals surface area contributed by atoms with E-state index in [0.717, 1.165) is 32.2 Å². The summed E-state index contributed by atoms with van der Waals surface area (Å²) in [4.78, 5) is 28.4.